The van der Waals surface area contributed by atoms with Gasteiger partial charge in [0.25, 0.3) is 5.91 Å². The number of carbonyl (C=O) groups is 2. The summed E-state index contributed by atoms with van der Waals surface area (Å²) in [6.45, 7) is 6.55. The second kappa shape index (κ2) is 8.64. The van der Waals surface area contributed by atoms with E-state index in [2.05, 4.69) is 36.6 Å². The molecule has 2 rings (SSSR count). The van der Waals surface area contributed by atoms with Crippen molar-refractivity contribution in [2.24, 2.45) is 5.92 Å². The molecule has 0 aliphatic carbocycles. The lowest BCUT2D eigenvalue weighted by Gasteiger charge is -2.23. The third kappa shape index (κ3) is 4.93. The summed E-state index contributed by atoms with van der Waals surface area (Å²) in [5.41, 5.74) is 1.21. The van der Waals surface area contributed by atoms with E-state index in [0.29, 0.717) is 17.3 Å². The molecule has 0 saturated carbocycles. The molecule has 2 unspecified atom stereocenters. The first-order chi connectivity index (χ1) is 11.5. The molecule has 0 aliphatic rings. The van der Waals surface area contributed by atoms with Crippen molar-refractivity contribution in [3.8, 4) is 0 Å². The van der Waals surface area contributed by atoms with Crippen molar-refractivity contribution in [3.63, 3.8) is 0 Å². The zero-order chi connectivity index (χ0) is 17.5. The summed E-state index contributed by atoms with van der Waals surface area (Å²) >= 11 is 1.36. The zero-order valence-electron chi connectivity index (χ0n) is 14.3. The first-order valence-corrected chi connectivity index (χ1v) is 9.04. The second-order valence-corrected chi connectivity index (χ2v) is 7.13. The van der Waals surface area contributed by atoms with Crippen molar-refractivity contribution in [1.82, 2.24) is 10.6 Å². The van der Waals surface area contributed by atoms with E-state index in [4.69, 9.17) is 0 Å². The molecule has 0 spiro atoms. The van der Waals surface area contributed by atoms with Gasteiger partial charge in [0.1, 0.15) is 6.04 Å². The summed E-state index contributed by atoms with van der Waals surface area (Å²) in [6.07, 6.45) is 0. The number of rotatable bonds is 7. The first-order valence-electron chi connectivity index (χ1n) is 8.16. The van der Waals surface area contributed by atoms with Crippen LogP contribution in [0, 0.1) is 5.92 Å². The van der Waals surface area contributed by atoms with Crippen molar-refractivity contribution in [3.05, 3.63) is 58.3 Å². The number of amides is 2. The van der Waals surface area contributed by atoms with Gasteiger partial charge >= 0.3 is 0 Å². The predicted octanol–water partition coefficient (Wildman–Crippen LogP) is 3.42. The number of benzene rings is 1. The maximum atomic E-state index is 12.3. The molecule has 0 saturated heterocycles. The van der Waals surface area contributed by atoms with Crippen molar-refractivity contribution in [1.29, 1.82) is 0 Å². The van der Waals surface area contributed by atoms with Gasteiger partial charge in [-0.25, -0.2) is 0 Å². The highest BCUT2D eigenvalue weighted by Crippen LogP contribution is 2.23. The van der Waals surface area contributed by atoms with E-state index < -0.39 is 6.04 Å². The summed E-state index contributed by atoms with van der Waals surface area (Å²) in [5, 5.41) is 7.54. The van der Waals surface area contributed by atoms with E-state index in [0.717, 1.165) is 0 Å². The molecule has 2 N–H and O–H groups in total. The van der Waals surface area contributed by atoms with Crippen LogP contribution in [0.3, 0.4) is 0 Å². The fourth-order valence-electron chi connectivity index (χ4n) is 2.54. The lowest BCUT2D eigenvalue weighted by Crippen LogP contribution is -2.45. The summed E-state index contributed by atoms with van der Waals surface area (Å²) in [5.74, 6) is 0.275. The Hall–Kier alpha value is -2.14. The quantitative estimate of drug-likeness (QED) is 0.808. The van der Waals surface area contributed by atoms with Gasteiger partial charge in [0, 0.05) is 12.5 Å². The van der Waals surface area contributed by atoms with E-state index in [1.54, 1.807) is 13.0 Å². The monoisotopic (exact) mass is 344 g/mol. The summed E-state index contributed by atoms with van der Waals surface area (Å²) in [7, 11) is 0. The Morgan fingerprint density at radius 2 is 1.75 bits per heavy atom. The van der Waals surface area contributed by atoms with Crippen LogP contribution in [0.2, 0.25) is 0 Å². The van der Waals surface area contributed by atoms with E-state index in [1.165, 1.54) is 16.9 Å². The molecule has 2 amide bonds. The van der Waals surface area contributed by atoms with Crippen LogP contribution >= 0.6 is 11.3 Å². The van der Waals surface area contributed by atoms with Gasteiger partial charge in [0.05, 0.1) is 4.88 Å². The van der Waals surface area contributed by atoms with Crippen LogP contribution in [-0.4, -0.2) is 24.4 Å². The van der Waals surface area contributed by atoms with E-state index in [1.807, 2.05) is 29.6 Å². The SMILES string of the molecule is CC(NC(=O)c1cccs1)C(=O)NCC(c1ccccc1)C(C)C. The molecule has 1 heterocycles. The molecule has 24 heavy (non-hydrogen) atoms. The Kier molecular flexibility index (Phi) is 6.55. The van der Waals surface area contributed by atoms with Crippen molar-refractivity contribution in [2.75, 3.05) is 6.54 Å². The van der Waals surface area contributed by atoms with Crippen LogP contribution in [0.4, 0.5) is 0 Å². The lowest BCUT2D eigenvalue weighted by atomic mass is 9.88. The van der Waals surface area contributed by atoms with Gasteiger partial charge in [-0.3, -0.25) is 9.59 Å². The predicted molar refractivity (Wildman–Crippen MR) is 98.3 cm³/mol. The molecular weight excluding hydrogens is 320 g/mol. The number of nitrogens with one attached hydrogen (secondary N) is 2. The molecule has 0 fully saturated rings. The number of thiophene rings is 1. The first kappa shape index (κ1) is 18.2. The third-order valence-electron chi connectivity index (χ3n) is 4.01. The maximum absolute atomic E-state index is 12.3. The molecule has 5 heteroatoms. The Bertz CT molecular complexity index is 653. The van der Waals surface area contributed by atoms with Crippen LogP contribution in [0.5, 0.6) is 0 Å². The molecule has 0 bridgehead atoms. The largest absolute Gasteiger partial charge is 0.354 e. The van der Waals surface area contributed by atoms with E-state index in [-0.39, 0.29) is 17.7 Å². The molecule has 1 aromatic heterocycles. The molecule has 128 valence electrons. The van der Waals surface area contributed by atoms with Crippen LogP contribution in [0.25, 0.3) is 0 Å². The van der Waals surface area contributed by atoms with Crippen molar-refractivity contribution >= 4 is 23.2 Å². The highest BCUT2D eigenvalue weighted by Gasteiger charge is 2.20. The maximum Gasteiger partial charge on any atom is 0.261 e. The van der Waals surface area contributed by atoms with Crippen molar-refractivity contribution < 1.29 is 9.59 Å². The third-order valence-corrected chi connectivity index (χ3v) is 4.88. The number of carbonyl (C=O) groups excluding carboxylic acids is 2. The molecule has 2 aromatic rings. The fourth-order valence-corrected chi connectivity index (χ4v) is 3.17. The number of hydrogen-bond donors (Lipinski definition) is 2. The van der Waals surface area contributed by atoms with Gasteiger partial charge < -0.3 is 10.6 Å². The molecule has 1 aromatic carbocycles. The van der Waals surface area contributed by atoms with Gasteiger partial charge in [0.15, 0.2) is 0 Å². The standard InChI is InChI=1S/C19H24N2O2S/c1-13(2)16(15-8-5-4-6-9-15)12-20-18(22)14(3)21-19(23)17-10-7-11-24-17/h4-11,13-14,16H,12H2,1-3H3,(H,20,22)(H,21,23). The van der Waals surface area contributed by atoms with Crippen LogP contribution in [-0.2, 0) is 4.79 Å². The second-order valence-electron chi connectivity index (χ2n) is 6.18. The van der Waals surface area contributed by atoms with E-state index >= 15 is 0 Å². The summed E-state index contributed by atoms with van der Waals surface area (Å²) in [4.78, 5) is 24.9. The molecule has 2 atom stereocenters. The van der Waals surface area contributed by atoms with Gasteiger partial charge in [-0.05, 0) is 29.9 Å². The summed E-state index contributed by atoms with van der Waals surface area (Å²) < 4.78 is 0. The molecular formula is C19H24N2O2S. The Labute approximate surface area is 147 Å². The Balaban J connectivity index is 1.89. The van der Waals surface area contributed by atoms with Gasteiger partial charge in [-0.2, -0.15) is 0 Å². The highest BCUT2D eigenvalue weighted by molar-refractivity contribution is 7.12. The van der Waals surface area contributed by atoms with Crippen LogP contribution in [0.15, 0.2) is 47.8 Å². The number of hydrogen-bond acceptors (Lipinski definition) is 3. The minimum atomic E-state index is -0.566. The normalized spacial score (nSPS) is 13.3. The molecule has 4 nitrogen and oxygen atoms in total. The van der Waals surface area contributed by atoms with Crippen LogP contribution < -0.4 is 10.6 Å². The van der Waals surface area contributed by atoms with Gasteiger partial charge in [-0.15, -0.1) is 11.3 Å². The fraction of sp³-hybridized carbons (Fsp3) is 0.368. The van der Waals surface area contributed by atoms with Gasteiger partial charge in [-0.1, -0.05) is 50.2 Å². The smallest absolute Gasteiger partial charge is 0.261 e. The lowest BCUT2D eigenvalue weighted by molar-refractivity contribution is -0.122. The Morgan fingerprint density at radius 3 is 2.33 bits per heavy atom. The minimum absolute atomic E-state index is 0.165. The average Bonchev–Trinajstić information content (AvgIpc) is 3.10. The van der Waals surface area contributed by atoms with Gasteiger partial charge in [0.2, 0.25) is 5.91 Å². The summed E-state index contributed by atoms with van der Waals surface area (Å²) in [6, 6.07) is 13.2. The topological polar surface area (TPSA) is 58.2 Å². The zero-order valence-corrected chi connectivity index (χ0v) is 15.1. The average molecular weight is 344 g/mol. The Morgan fingerprint density at radius 1 is 1.04 bits per heavy atom. The van der Waals surface area contributed by atoms with E-state index in [9.17, 15) is 9.59 Å². The highest BCUT2D eigenvalue weighted by atomic mass is 32.1. The van der Waals surface area contributed by atoms with Crippen molar-refractivity contribution in [2.45, 2.75) is 32.7 Å². The molecule has 0 aliphatic heterocycles. The van der Waals surface area contributed by atoms with Crippen LogP contribution in [0.1, 0.15) is 41.9 Å². The minimum Gasteiger partial charge on any atom is -0.354 e. The molecule has 0 radical (unpaired) electrons.